The second-order valence-electron chi connectivity index (χ2n) is 6.38. The van der Waals surface area contributed by atoms with Gasteiger partial charge in [0.2, 0.25) is 0 Å². The highest BCUT2D eigenvalue weighted by Gasteiger charge is 2.52. The Bertz CT molecular complexity index is 670. The number of pyridine rings is 1. The minimum Gasteiger partial charge on any atom is -0.289 e. The average molecular weight is 319 g/mol. The van der Waals surface area contributed by atoms with Gasteiger partial charge < -0.3 is 0 Å². The molecule has 6 heteroatoms. The number of nitrogens with zero attached hydrogens (tertiary/aromatic N) is 3. The first-order chi connectivity index (χ1) is 10.9. The smallest absolute Gasteiger partial charge is 0.289 e. The standard InChI is InChI=1S/C17H16F3N3/c1-2-12-5-13(9-22-8-12)16(10-21)6-14-3-4-15(7-16)23(14)11-17(18,19)20/h1,5,8-9,14-15H,3-4,6-7,11H2/t14-,15+,16+. The topological polar surface area (TPSA) is 39.9 Å². The maximum absolute atomic E-state index is 12.8. The van der Waals surface area contributed by atoms with Crippen LogP contribution in [0.15, 0.2) is 18.5 Å². The summed E-state index contributed by atoms with van der Waals surface area (Å²) in [4.78, 5) is 5.61. The Balaban J connectivity index is 1.90. The second kappa shape index (κ2) is 5.54. The highest BCUT2D eigenvalue weighted by molar-refractivity contribution is 5.40. The molecule has 2 aliphatic rings. The maximum Gasteiger partial charge on any atom is 0.401 e. The van der Waals surface area contributed by atoms with Gasteiger partial charge in [0.25, 0.3) is 0 Å². The van der Waals surface area contributed by atoms with E-state index in [4.69, 9.17) is 6.42 Å². The molecule has 3 rings (SSSR count). The van der Waals surface area contributed by atoms with Crippen LogP contribution in [-0.4, -0.2) is 34.7 Å². The monoisotopic (exact) mass is 319 g/mol. The van der Waals surface area contributed by atoms with Gasteiger partial charge >= 0.3 is 6.18 Å². The van der Waals surface area contributed by atoms with Crippen LogP contribution in [0.4, 0.5) is 13.2 Å². The van der Waals surface area contributed by atoms with E-state index in [1.807, 2.05) is 0 Å². The highest BCUT2D eigenvalue weighted by Crippen LogP contribution is 2.47. The van der Waals surface area contributed by atoms with Crippen LogP contribution in [-0.2, 0) is 5.41 Å². The number of hydrogen-bond acceptors (Lipinski definition) is 3. The molecule has 0 unspecified atom stereocenters. The molecule has 0 aromatic carbocycles. The summed E-state index contributed by atoms with van der Waals surface area (Å²) < 4.78 is 38.3. The minimum absolute atomic E-state index is 0.218. The van der Waals surface area contributed by atoms with Gasteiger partial charge in [0.15, 0.2) is 0 Å². The van der Waals surface area contributed by atoms with Gasteiger partial charge in [-0.1, -0.05) is 5.92 Å². The highest BCUT2D eigenvalue weighted by atomic mass is 19.4. The fraction of sp³-hybridized carbons (Fsp3) is 0.529. The van der Waals surface area contributed by atoms with E-state index >= 15 is 0 Å². The first-order valence-electron chi connectivity index (χ1n) is 7.53. The zero-order valence-corrected chi connectivity index (χ0v) is 12.5. The normalized spacial score (nSPS) is 30.7. The first-order valence-corrected chi connectivity index (χ1v) is 7.53. The summed E-state index contributed by atoms with van der Waals surface area (Å²) in [5.74, 6) is 2.49. The summed E-state index contributed by atoms with van der Waals surface area (Å²) in [5.41, 5.74) is 0.509. The molecule has 2 bridgehead atoms. The predicted octanol–water partition coefficient (Wildman–Crippen LogP) is 3.01. The molecule has 0 N–H and O–H groups in total. The van der Waals surface area contributed by atoms with Crippen molar-refractivity contribution in [2.45, 2.75) is 49.4 Å². The quantitative estimate of drug-likeness (QED) is 0.787. The molecule has 2 fully saturated rings. The van der Waals surface area contributed by atoms with Crippen LogP contribution in [0, 0.1) is 23.7 Å². The number of aromatic nitrogens is 1. The van der Waals surface area contributed by atoms with E-state index in [2.05, 4.69) is 17.0 Å². The second-order valence-corrected chi connectivity index (χ2v) is 6.38. The average Bonchev–Trinajstić information content (AvgIpc) is 2.75. The molecule has 1 aromatic rings. The van der Waals surface area contributed by atoms with Crippen molar-refractivity contribution in [3.8, 4) is 18.4 Å². The summed E-state index contributed by atoms with van der Waals surface area (Å²) in [7, 11) is 0. The van der Waals surface area contributed by atoms with E-state index in [0.29, 0.717) is 31.2 Å². The van der Waals surface area contributed by atoms with Crippen molar-refractivity contribution >= 4 is 0 Å². The number of alkyl halides is 3. The number of terminal acetylenes is 1. The molecular weight excluding hydrogens is 303 g/mol. The van der Waals surface area contributed by atoms with Crippen LogP contribution in [0.3, 0.4) is 0 Å². The Morgan fingerprint density at radius 1 is 1.30 bits per heavy atom. The number of halogens is 3. The lowest BCUT2D eigenvalue weighted by Gasteiger charge is -2.43. The van der Waals surface area contributed by atoms with Crippen molar-refractivity contribution in [2.75, 3.05) is 6.54 Å². The molecule has 23 heavy (non-hydrogen) atoms. The molecule has 0 saturated carbocycles. The fourth-order valence-electron chi connectivity index (χ4n) is 3.98. The van der Waals surface area contributed by atoms with Crippen LogP contribution in [0.1, 0.15) is 36.8 Å². The molecular formula is C17H16F3N3. The van der Waals surface area contributed by atoms with E-state index < -0.39 is 18.1 Å². The predicted molar refractivity (Wildman–Crippen MR) is 78.3 cm³/mol. The lowest BCUT2D eigenvalue weighted by atomic mass is 9.71. The largest absolute Gasteiger partial charge is 0.401 e. The van der Waals surface area contributed by atoms with Gasteiger partial charge in [0.05, 0.1) is 18.0 Å². The molecule has 2 saturated heterocycles. The summed E-state index contributed by atoms with van der Waals surface area (Å²) in [6.07, 6.45) is 6.52. The van der Waals surface area contributed by atoms with E-state index in [1.54, 1.807) is 18.5 Å². The molecule has 1 aromatic heterocycles. The van der Waals surface area contributed by atoms with Gasteiger partial charge in [0, 0.05) is 30.0 Å². The third-order valence-corrected chi connectivity index (χ3v) is 4.97. The molecule has 0 amide bonds. The van der Waals surface area contributed by atoms with E-state index in [1.165, 1.54) is 4.90 Å². The summed E-state index contributed by atoms with van der Waals surface area (Å²) in [6.45, 7) is -0.896. The van der Waals surface area contributed by atoms with Crippen molar-refractivity contribution in [2.24, 2.45) is 0 Å². The van der Waals surface area contributed by atoms with Crippen molar-refractivity contribution in [3.63, 3.8) is 0 Å². The van der Waals surface area contributed by atoms with Gasteiger partial charge in [0.1, 0.15) is 0 Å². The van der Waals surface area contributed by atoms with Crippen LogP contribution in [0.5, 0.6) is 0 Å². The number of rotatable bonds is 2. The van der Waals surface area contributed by atoms with E-state index in [9.17, 15) is 18.4 Å². The Labute approximate surface area is 133 Å². The van der Waals surface area contributed by atoms with Crippen molar-refractivity contribution < 1.29 is 13.2 Å². The molecule has 3 nitrogen and oxygen atoms in total. The zero-order valence-electron chi connectivity index (χ0n) is 12.5. The van der Waals surface area contributed by atoms with Crippen LogP contribution in [0.25, 0.3) is 0 Å². The SMILES string of the molecule is C#Cc1cncc([C@@]2(C#N)C[C@H]3CC[C@@H](C2)N3CC(F)(F)F)c1. The molecule has 3 atom stereocenters. The molecule has 0 spiro atoms. The number of hydrogen-bond donors (Lipinski definition) is 0. The third kappa shape index (κ3) is 2.92. The van der Waals surface area contributed by atoms with E-state index in [0.717, 1.165) is 5.56 Å². The van der Waals surface area contributed by atoms with Crippen molar-refractivity contribution in [1.29, 1.82) is 5.26 Å². The van der Waals surface area contributed by atoms with Crippen LogP contribution >= 0.6 is 0 Å². The Morgan fingerprint density at radius 3 is 2.48 bits per heavy atom. The number of nitriles is 1. The lowest BCUT2D eigenvalue weighted by molar-refractivity contribution is -0.156. The third-order valence-electron chi connectivity index (χ3n) is 4.97. The number of piperidine rings is 1. The lowest BCUT2D eigenvalue weighted by Crippen LogP contribution is -2.51. The fourth-order valence-corrected chi connectivity index (χ4v) is 3.98. The Hall–Kier alpha value is -2.05. The van der Waals surface area contributed by atoms with Crippen LogP contribution in [0.2, 0.25) is 0 Å². The van der Waals surface area contributed by atoms with Gasteiger partial charge in [-0.15, -0.1) is 6.42 Å². The summed E-state index contributed by atoms with van der Waals surface area (Å²) in [6, 6.07) is 3.68. The van der Waals surface area contributed by atoms with Gasteiger partial charge in [-0.2, -0.15) is 18.4 Å². The maximum atomic E-state index is 12.8. The molecule has 120 valence electrons. The molecule has 0 radical (unpaired) electrons. The summed E-state index contributed by atoms with van der Waals surface area (Å²) >= 11 is 0. The van der Waals surface area contributed by atoms with E-state index in [-0.39, 0.29) is 12.1 Å². The molecule has 0 aliphatic carbocycles. The number of fused-ring (bicyclic) bond motifs is 2. The summed E-state index contributed by atoms with van der Waals surface area (Å²) in [5, 5.41) is 9.77. The Kier molecular flexibility index (Phi) is 3.82. The Morgan fingerprint density at radius 2 is 1.96 bits per heavy atom. The minimum atomic E-state index is -4.21. The van der Waals surface area contributed by atoms with Gasteiger partial charge in [-0.3, -0.25) is 9.88 Å². The van der Waals surface area contributed by atoms with Crippen molar-refractivity contribution in [1.82, 2.24) is 9.88 Å². The first kappa shape index (κ1) is 15.8. The van der Waals surface area contributed by atoms with Gasteiger partial charge in [-0.25, -0.2) is 0 Å². The van der Waals surface area contributed by atoms with Crippen molar-refractivity contribution in [3.05, 3.63) is 29.6 Å². The molecule has 2 aliphatic heterocycles. The molecule has 3 heterocycles. The van der Waals surface area contributed by atoms with Gasteiger partial charge in [-0.05, 0) is 37.3 Å². The van der Waals surface area contributed by atoms with Crippen LogP contribution < -0.4 is 0 Å². The zero-order chi connectivity index (χ0) is 16.7.